The van der Waals surface area contributed by atoms with Gasteiger partial charge in [0.25, 0.3) is 0 Å². The van der Waals surface area contributed by atoms with Crippen LogP contribution in [0.2, 0.25) is 0 Å². The summed E-state index contributed by atoms with van der Waals surface area (Å²) in [7, 11) is 0. The largest absolute Gasteiger partial charge is 0.491 e. The number of nitrogens with zero attached hydrogens (tertiary/aromatic N) is 3. The van der Waals surface area contributed by atoms with Gasteiger partial charge in [-0.2, -0.15) is 0 Å². The lowest BCUT2D eigenvalue weighted by Gasteiger charge is -2.37. The van der Waals surface area contributed by atoms with Gasteiger partial charge in [-0.25, -0.2) is 9.28 Å². The highest BCUT2D eigenvalue weighted by Crippen LogP contribution is 2.36. The average Bonchev–Trinajstić information content (AvgIpc) is 3.19. The van der Waals surface area contributed by atoms with Gasteiger partial charge in [-0.3, -0.25) is 4.90 Å². The van der Waals surface area contributed by atoms with Crippen molar-refractivity contribution >= 4 is 11.7 Å². The van der Waals surface area contributed by atoms with Gasteiger partial charge in [0.2, 0.25) is 0 Å². The molecule has 7 nitrogen and oxygen atoms in total. The number of piperazine rings is 1. The number of amides is 2. The van der Waals surface area contributed by atoms with Gasteiger partial charge >= 0.3 is 6.03 Å². The number of nitrogens with one attached hydrogen (secondary N) is 1. The van der Waals surface area contributed by atoms with E-state index in [9.17, 15) is 4.79 Å². The molecule has 1 unspecified atom stereocenters. The zero-order valence-corrected chi connectivity index (χ0v) is 19.2. The number of carbonyl (C=O) groups excluding carboxylic acids is 1. The van der Waals surface area contributed by atoms with Crippen LogP contribution in [-0.2, 0) is 6.42 Å². The maximum absolute atomic E-state index is 11.3. The second kappa shape index (κ2) is 9.45. The summed E-state index contributed by atoms with van der Waals surface area (Å²) in [6, 6.07) is 6.07. The summed E-state index contributed by atoms with van der Waals surface area (Å²) in [4.78, 5) is 16.3. The predicted octanol–water partition coefficient (Wildman–Crippen LogP) is 3.22. The molecule has 0 spiro atoms. The van der Waals surface area contributed by atoms with Gasteiger partial charge < -0.3 is 20.7 Å². The van der Waals surface area contributed by atoms with E-state index in [0.29, 0.717) is 4.48 Å². The number of benzene rings is 1. The van der Waals surface area contributed by atoms with Crippen LogP contribution in [0.5, 0.6) is 5.75 Å². The Bertz CT molecular complexity index is 1020. The van der Waals surface area contributed by atoms with Crippen molar-refractivity contribution in [2.75, 3.05) is 50.8 Å². The molecule has 0 bridgehead atoms. The molecule has 1 fully saturated rings. The second-order valence-electron chi connectivity index (χ2n) is 9.25. The van der Waals surface area contributed by atoms with Gasteiger partial charge in [0.05, 0.1) is 18.8 Å². The minimum Gasteiger partial charge on any atom is -0.491 e. The molecule has 4 aliphatic rings. The Morgan fingerprint density at radius 3 is 2.88 bits per heavy atom. The first-order valence-corrected chi connectivity index (χ1v) is 12.1. The Morgan fingerprint density at radius 1 is 1.15 bits per heavy atom. The topological polar surface area (TPSA) is 70.8 Å². The number of nitrogens with two attached hydrogens (primary N) is 1. The third kappa shape index (κ3) is 4.70. The van der Waals surface area contributed by atoms with Crippen molar-refractivity contribution in [1.82, 2.24) is 10.2 Å². The van der Waals surface area contributed by atoms with Crippen LogP contribution < -0.4 is 20.7 Å². The van der Waals surface area contributed by atoms with E-state index in [1.807, 2.05) is 12.2 Å². The molecule has 3 N–H and O–H groups in total. The fraction of sp³-hybridized carbons (Fsp3) is 0.423. The van der Waals surface area contributed by atoms with Crippen molar-refractivity contribution in [3.63, 3.8) is 0 Å². The number of para-hydroxylation sites is 1. The van der Waals surface area contributed by atoms with Crippen LogP contribution >= 0.6 is 0 Å². The molecule has 0 radical (unpaired) electrons. The summed E-state index contributed by atoms with van der Waals surface area (Å²) in [5.74, 6) is 1.11. The number of fused-ring (bicyclic) bond motifs is 2. The van der Waals surface area contributed by atoms with Crippen LogP contribution in [0, 0.1) is 0 Å². The molecule has 33 heavy (non-hydrogen) atoms. The number of ether oxygens (including phenoxy) is 1. The Hall–Kier alpha value is -3.03. The van der Waals surface area contributed by atoms with Crippen LogP contribution in [0.3, 0.4) is 0 Å². The molecule has 174 valence electrons. The van der Waals surface area contributed by atoms with Crippen LogP contribution in [-0.4, -0.2) is 61.3 Å². The van der Waals surface area contributed by atoms with E-state index >= 15 is 0 Å². The lowest BCUT2D eigenvalue weighted by molar-refractivity contribution is -0.783. The van der Waals surface area contributed by atoms with E-state index in [1.54, 1.807) is 0 Å². The fourth-order valence-corrected chi connectivity index (χ4v) is 5.33. The third-order valence-corrected chi connectivity index (χ3v) is 7.03. The molecule has 1 aromatic carbocycles. The maximum Gasteiger partial charge on any atom is 0.316 e. The minimum absolute atomic E-state index is 0.522. The smallest absolute Gasteiger partial charge is 0.316 e. The molecule has 4 aliphatic heterocycles. The number of anilines is 1. The van der Waals surface area contributed by atoms with E-state index in [0.717, 1.165) is 83.0 Å². The Labute approximate surface area is 196 Å². The van der Waals surface area contributed by atoms with Crippen LogP contribution in [0.4, 0.5) is 10.5 Å². The first-order valence-electron chi connectivity index (χ1n) is 12.1. The number of primary amides is 1. The summed E-state index contributed by atoms with van der Waals surface area (Å²) in [6.45, 7) is 7.20. The highest BCUT2D eigenvalue weighted by molar-refractivity contribution is 5.74. The van der Waals surface area contributed by atoms with Crippen LogP contribution in [0.15, 0.2) is 66.3 Å². The van der Waals surface area contributed by atoms with Crippen molar-refractivity contribution in [2.24, 2.45) is 5.73 Å². The summed E-state index contributed by atoms with van der Waals surface area (Å²) < 4.78 is 6.68. The third-order valence-electron chi connectivity index (χ3n) is 7.03. The van der Waals surface area contributed by atoms with Crippen molar-refractivity contribution in [3.05, 3.63) is 71.9 Å². The quantitative estimate of drug-likeness (QED) is 0.496. The lowest BCUT2D eigenvalue weighted by atomic mass is 10.0. The zero-order valence-electron chi connectivity index (χ0n) is 19.2. The van der Waals surface area contributed by atoms with Gasteiger partial charge in [-0.05, 0) is 49.9 Å². The maximum atomic E-state index is 11.3. The highest BCUT2D eigenvalue weighted by Gasteiger charge is 2.34. The van der Waals surface area contributed by atoms with E-state index in [1.165, 1.54) is 16.9 Å². The van der Waals surface area contributed by atoms with Gasteiger partial charge in [0, 0.05) is 38.3 Å². The molecule has 0 aromatic heterocycles. The first kappa shape index (κ1) is 21.8. The van der Waals surface area contributed by atoms with E-state index < -0.39 is 6.03 Å². The van der Waals surface area contributed by atoms with E-state index in [-0.39, 0.29) is 0 Å². The predicted molar refractivity (Wildman–Crippen MR) is 130 cm³/mol. The Kier molecular flexibility index (Phi) is 6.24. The number of hydrogen-bond donors (Lipinski definition) is 2. The minimum atomic E-state index is -0.522. The van der Waals surface area contributed by atoms with Crippen molar-refractivity contribution in [3.8, 4) is 5.75 Å². The Morgan fingerprint density at radius 2 is 2.03 bits per heavy atom. The molecule has 2 amide bonds. The summed E-state index contributed by atoms with van der Waals surface area (Å²) in [6.07, 6.45) is 17.0. The molecule has 4 heterocycles. The fourth-order valence-electron chi connectivity index (χ4n) is 5.33. The zero-order chi connectivity index (χ0) is 22.7. The lowest BCUT2D eigenvalue weighted by Crippen LogP contribution is -2.47. The average molecular weight is 449 g/mol. The van der Waals surface area contributed by atoms with Crippen LogP contribution in [0.25, 0.3) is 0 Å². The highest BCUT2D eigenvalue weighted by atomic mass is 16.5. The second-order valence-corrected chi connectivity index (χ2v) is 9.25. The van der Waals surface area contributed by atoms with Crippen LogP contribution in [0.1, 0.15) is 24.8 Å². The molecule has 5 rings (SSSR count). The summed E-state index contributed by atoms with van der Waals surface area (Å²) in [5.41, 5.74) is 9.88. The van der Waals surface area contributed by atoms with Crippen molar-refractivity contribution < 1.29 is 14.0 Å². The Balaban J connectivity index is 1.11. The summed E-state index contributed by atoms with van der Waals surface area (Å²) in [5, 5.41) is 2.72. The molecular formula is C26H34N5O2+. The number of urea groups is 1. The number of allylic oxidation sites excluding steroid dienone is 4. The molecule has 1 saturated heterocycles. The first-order chi connectivity index (χ1) is 16.1. The number of hydrogen-bond acceptors (Lipinski definition) is 4. The number of unbranched alkanes of at least 4 members (excludes halogenated alkanes) is 1. The van der Waals surface area contributed by atoms with E-state index in [2.05, 4.69) is 57.9 Å². The number of quaternary nitrogens is 1. The molecule has 1 aromatic rings. The van der Waals surface area contributed by atoms with E-state index in [4.69, 9.17) is 10.5 Å². The number of rotatable bonds is 7. The van der Waals surface area contributed by atoms with Gasteiger partial charge in [0.15, 0.2) is 0 Å². The molecule has 1 atom stereocenters. The standard InChI is InChI=1S/C26H33N5O2/c27-26(32)28-22-19-23-9-1-3-16-31(23,20-22)17-4-2-11-29-12-14-30(15-13-29)24-10-5-7-21-8-6-18-33-25(21)24/h1,3,5,7,9-10,16,19-20H,2,4,6,8,11-15,17-18H2,(H2-,27,28,32)/p+1. The molecular weight excluding hydrogens is 414 g/mol. The monoisotopic (exact) mass is 448 g/mol. The van der Waals surface area contributed by atoms with Gasteiger partial charge in [-0.1, -0.05) is 18.2 Å². The normalized spacial score (nSPS) is 23.9. The van der Waals surface area contributed by atoms with Crippen molar-refractivity contribution in [1.29, 1.82) is 0 Å². The molecule has 0 aliphatic carbocycles. The van der Waals surface area contributed by atoms with Crippen molar-refractivity contribution in [2.45, 2.75) is 25.7 Å². The number of aryl methyl sites for hydroxylation is 1. The van der Waals surface area contributed by atoms with Gasteiger partial charge in [-0.15, -0.1) is 0 Å². The SMILES string of the molecule is NC(=O)NC1=C[N+]2(CCCCN3CCN(c4cccc5c4OCCC5)CC3)C=CC=CC2=C1. The number of carbonyl (C=O) groups is 1. The van der Waals surface area contributed by atoms with Gasteiger partial charge in [0.1, 0.15) is 29.5 Å². The molecule has 7 heteroatoms. The molecule has 0 saturated carbocycles. The summed E-state index contributed by atoms with van der Waals surface area (Å²) >= 11 is 0.